The normalized spacial score (nSPS) is 26.4. The molecule has 7 N–H and O–H groups in total. The molecule has 2 saturated heterocycles. The van der Waals surface area contributed by atoms with E-state index in [0.29, 0.717) is 13.1 Å². The Bertz CT molecular complexity index is 733. The van der Waals surface area contributed by atoms with E-state index in [1.807, 2.05) is 0 Å². The van der Waals surface area contributed by atoms with Gasteiger partial charge in [0.2, 0.25) is 5.91 Å². The summed E-state index contributed by atoms with van der Waals surface area (Å²) in [5.41, 5.74) is 3.74. The Morgan fingerprint density at radius 1 is 1.40 bits per heavy atom. The summed E-state index contributed by atoms with van der Waals surface area (Å²) >= 11 is 0. The number of nitrogens with zero attached hydrogens (tertiary/aromatic N) is 2. The number of hydrogen-bond acceptors (Lipinski definition) is 8. The second-order valence-corrected chi connectivity index (χ2v) is 9.86. The number of amides is 1. The molecular weight excluding hydrogens is 417 g/mol. The van der Waals surface area contributed by atoms with Crippen LogP contribution in [0, 0.1) is 5.92 Å². The molecule has 0 aromatic carbocycles. The molecule has 14 heteroatoms. The fraction of sp³-hybridized carbons (Fsp3) is 0.875. The first-order valence-corrected chi connectivity index (χ1v) is 11.5. The first-order valence-electron chi connectivity index (χ1n) is 10.1. The molecule has 0 aromatic rings. The summed E-state index contributed by atoms with van der Waals surface area (Å²) < 4.78 is 29.0. The molecule has 2 heterocycles. The smallest absolute Gasteiger partial charge is 0.451 e. The number of carbonyl (C=O) groups excluding carboxylic acids is 1. The van der Waals surface area contributed by atoms with Gasteiger partial charge in [-0.15, -0.1) is 0 Å². The van der Waals surface area contributed by atoms with E-state index in [-0.39, 0.29) is 38.3 Å². The quantitative estimate of drug-likeness (QED) is 0.179. The fourth-order valence-electron chi connectivity index (χ4n) is 3.94. The van der Waals surface area contributed by atoms with Crippen molar-refractivity contribution in [1.29, 1.82) is 0 Å². The number of nitrogens with one attached hydrogen (secondary N) is 2. The van der Waals surface area contributed by atoms with Crippen molar-refractivity contribution in [1.82, 2.24) is 19.2 Å². The molecule has 172 valence electrons. The monoisotopic (exact) mass is 449 g/mol. The van der Waals surface area contributed by atoms with Crippen molar-refractivity contribution in [3.63, 3.8) is 0 Å². The van der Waals surface area contributed by atoms with Crippen LogP contribution in [-0.4, -0.2) is 102 Å². The van der Waals surface area contributed by atoms with Gasteiger partial charge in [0, 0.05) is 38.6 Å². The van der Waals surface area contributed by atoms with E-state index in [9.17, 15) is 23.1 Å². The van der Waals surface area contributed by atoms with Crippen molar-refractivity contribution < 1.29 is 33.2 Å². The molecule has 2 aliphatic rings. The van der Waals surface area contributed by atoms with Crippen molar-refractivity contribution in [3.8, 4) is 0 Å². The molecule has 2 rings (SSSR count). The first kappa shape index (κ1) is 25.0. The third-order valence-electron chi connectivity index (χ3n) is 5.80. The van der Waals surface area contributed by atoms with Crippen molar-refractivity contribution in [2.24, 2.45) is 11.7 Å². The topological polar surface area (TPSA) is 186 Å². The number of carboxylic acid groups (broad SMARTS) is 1. The van der Waals surface area contributed by atoms with E-state index in [4.69, 9.17) is 15.8 Å². The van der Waals surface area contributed by atoms with E-state index in [1.54, 1.807) is 6.92 Å². The highest BCUT2D eigenvalue weighted by atomic mass is 32.2. The van der Waals surface area contributed by atoms with Gasteiger partial charge in [-0.1, -0.05) is 13.3 Å². The van der Waals surface area contributed by atoms with Crippen molar-refractivity contribution >= 4 is 29.2 Å². The number of hydrogen-bond donors (Lipinski definition) is 6. The number of nitrogens with two attached hydrogens (primary N) is 1. The third-order valence-corrected chi connectivity index (χ3v) is 7.88. The number of carboxylic acids is 1. The summed E-state index contributed by atoms with van der Waals surface area (Å²) in [6, 6.07) is -1.18. The average molecular weight is 449 g/mol. The van der Waals surface area contributed by atoms with Gasteiger partial charge < -0.3 is 31.5 Å². The number of likely N-dealkylation sites (N-methyl/N-ethyl adjacent to an activating group) is 1. The first-order chi connectivity index (χ1) is 14.0. The van der Waals surface area contributed by atoms with Crippen LogP contribution in [0.2, 0.25) is 6.32 Å². The Hall–Kier alpha value is -1.29. The molecule has 0 spiro atoms. The minimum Gasteiger partial charge on any atom is -0.479 e. The molecule has 0 bridgehead atoms. The average Bonchev–Trinajstić information content (AvgIpc) is 2.97. The molecule has 2 aliphatic heterocycles. The number of rotatable bonds is 11. The molecular formula is C16H32BN5O7S. The maximum atomic E-state index is 13.3. The molecule has 0 unspecified atom stereocenters. The SMILES string of the molecule is CCN(C1CNC1)S(=O)(=O)N1C[C@H](CCCB(O)O)[C@](NC(=O)[C@H](C)N)(C(=O)O)C1. The third kappa shape index (κ3) is 5.12. The largest absolute Gasteiger partial charge is 0.479 e. The van der Waals surface area contributed by atoms with Crippen LogP contribution in [0.1, 0.15) is 26.7 Å². The van der Waals surface area contributed by atoms with Gasteiger partial charge in [0.25, 0.3) is 10.2 Å². The molecule has 3 atom stereocenters. The maximum absolute atomic E-state index is 13.3. The van der Waals surface area contributed by atoms with E-state index < -0.39 is 53.2 Å². The van der Waals surface area contributed by atoms with Crippen LogP contribution >= 0.6 is 0 Å². The van der Waals surface area contributed by atoms with Crippen molar-refractivity contribution in [2.75, 3.05) is 32.7 Å². The summed E-state index contributed by atoms with van der Waals surface area (Å²) in [6.45, 7) is 3.87. The van der Waals surface area contributed by atoms with Gasteiger partial charge in [0.05, 0.1) is 12.1 Å². The standard InChI is InChI=1S/C16H32BN5O7S/c1-3-22(13-7-19-8-13)30(28,29)21-9-12(5-4-6-17(26)27)16(10-21,15(24)25)20-14(23)11(2)18/h11-13,19,26-27H,3-10,18H2,1-2H3,(H,20,23)(H,24,25)/t11-,12-,16-/m0/s1. The lowest BCUT2D eigenvalue weighted by Gasteiger charge is -2.38. The van der Waals surface area contributed by atoms with Crippen LogP contribution in [0.25, 0.3) is 0 Å². The van der Waals surface area contributed by atoms with Crippen molar-refractivity contribution in [3.05, 3.63) is 0 Å². The molecule has 0 aromatic heterocycles. The van der Waals surface area contributed by atoms with Gasteiger partial charge in [0.15, 0.2) is 5.54 Å². The van der Waals surface area contributed by atoms with Gasteiger partial charge in [-0.3, -0.25) is 4.79 Å². The lowest BCUT2D eigenvalue weighted by molar-refractivity contribution is -0.149. The summed E-state index contributed by atoms with van der Waals surface area (Å²) in [5, 5.41) is 33.7. The summed E-state index contributed by atoms with van der Waals surface area (Å²) in [7, 11) is -5.51. The minimum absolute atomic E-state index is 0.00894. The molecule has 12 nitrogen and oxygen atoms in total. The lowest BCUT2D eigenvalue weighted by Crippen LogP contribution is -2.63. The van der Waals surface area contributed by atoms with Crippen LogP contribution in [0.4, 0.5) is 0 Å². The minimum atomic E-state index is -3.96. The van der Waals surface area contributed by atoms with Crippen LogP contribution in [-0.2, 0) is 19.8 Å². The highest BCUT2D eigenvalue weighted by Crippen LogP contribution is 2.35. The van der Waals surface area contributed by atoms with Crippen LogP contribution in [0.3, 0.4) is 0 Å². The predicted molar refractivity (Wildman–Crippen MR) is 109 cm³/mol. The zero-order valence-electron chi connectivity index (χ0n) is 17.3. The Morgan fingerprint density at radius 3 is 2.47 bits per heavy atom. The summed E-state index contributed by atoms with van der Waals surface area (Å²) in [4.78, 5) is 24.6. The molecule has 2 fully saturated rings. The van der Waals surface area contributed by atoms with Crippen LogP contribution in [0.5, 0.6) is 0 Å². The maximum Gasteiger partial charge on any atom is 0.451 e. The molecule has 0 aliphatic carbocycles. The van der Waals surface area contributed by atoms with E-state index in [1.165, 1.54) is 11.2 Å². The number of carbonyl (C=O) groups is 2. The van der Waals surface area contributed by atoms with Crippen molar-refractivity contribution in [2.45, 2.75) is 50.6 Å². The van der Waals surface area contributed by atoms with Gasteiger partial charge in [0.1, 0.15) is 0 Å². The van der Waals surface area contributed by atoms with E-state index in [2.05, 4.69) is 10.6 Å². The Kier molecular flexibility index (Phi) is 8.24. The van der Waals surface area contributed by atoms with E-state index >= 15 is 0 Å². The highest BCUT2D eigenvalue weighted by molar-refractivity contribution is 7.86. The van der Waals surface area contributed by atoms with Crippen LogP contribution in [0.15, 0.2) is 0 Å². The zero-order valence-corrected chi connectivity index (χ0v) is 18.1. The molecule has 0 radical (unpaired) electrons. The van der Waals surface area contributed by atoms with E-state index in [0.717, 1.165) is 4.31 Å². The Balaban J connectivity index is 2.34. The lowest BCUT2D eigenvalue weighted by atomic mass is 9.78. The summed E-state index contributed by atoms with van der Waals surface area (Å²) in [5.74, 6) is -2.80. The zero-order chi connectivity index (χ0) is 22.7. The Labute approximate surface area is 177 Å². The fourth-order valence-corrected chi connectivity index (χ4v) is 5.82. The van der Waals surface area contributed by atoms with Gasteiger partial charge >= 0.3 is 13.1 Å². The second kappa shape index (κ2) is 9.89. The number of aliphatic carboxylic acids is 1. The molecule has 30 heavy (non-hydrogen) atoms. The highest BCUT2D eigenvalue weighted by Gasteiger charge is 2.57. The predicted octanol–water partition coefficient (Wildman–Crippen LogP) is -3.00. The van der Waals surface area contributed by atoms with Gasteiger partial charge in [-0.05, 0) is 19.7 Å². The second-order valence-electron chi connectivity index (χ2n) is 7.98. The van der Waals surface area contributed by atoms with Gasteiger partial charge in [-0.2, -0.15) is 17.0 Å². The molecule has 1 amide bonds. The van der Waals surface area contributed by atoms with Crippen LogP contribution < -0.4 is 16.4 Å². The summed E-state index contributed by atoms with van der Waals surface area (Å²) in [6.07, 6.45) is 0.449. The Morgan fingerprint density at radius 2 is 2.03 bits per heavy atom. The molecule has 0 saturated carbocycles. The van der Waals surface area contributed by atoms with Gasteiger partial charge in [-0.25, -0.2) is 4.79 Å².